The van der Waals surface area contributed by atoms with Crippen molar-refractivity contribution in [3.63, 3.8) is 0 Å². The van der Waals surface area contributed by atoms with Gasteiger partial charge in [0.15, 0.2) is 0 Å². The molecule has 0 bridgehead atoms. The Balaban J connectivity index is 1.39. The van der Waals surface area contributed by atoms with Crippen LogP contribution in [0.2, 0.25) is 5.02 Å². The number of aromatic nitrogens is 1. The zero-order valence-corrected chi connectivity index (χ0v) is 20.7. The lowest BCUT2D eigenvalue weighted by molar-refractivity contribution is 0.0937. The molecule has 2 aliphatic rings. The molecule has 3 aromatic rings. The van der Waals surface area contributed by atoms with Crippen molar-refractivity contribution in [2.24, 2.45) is 5.92 Å². The number of nitrogens with one attached hydrogen (secondary N) is 1. The van der Waals surface area contributed by atoms with Crippen LogP contribution in [0.15, 0.2) is 54.6 Å². The highest BCUT2D eigenvalue weighted by Gasteiger charge is 2.33. The van der Waals surface area contributed by atoms with Crippen molar-refractivity contribution in [1.29, 1.82) is 0 Å². The molecule has 2 N–H and O–H groups in total. The van der Waals surface area contributed by atoms with Gasteiger partial charge in [0.25, 0.3) is 5.91 Å². The van der Waals surface area contributed by atoms with Crippen LogP contribution in [0.25, 0.3) is 0 Å². The number of hydrogen-bond donors (Lipinski definition) is 2. The molecule has 1 amide bonds. The lowest BCUT2D eigenvalue weighted by atomic mass is 9.97. The molecule has 5 nitrogen and oxygen atoms in total. The van der Waals surface area contributed by atoms with Gasteiger partial charge in [-0.3, -0.25) is 9.69 Å². The van der Waals surface area contributed by atoms with Gasteiger partial charge >= 0.3 is 0 Å². The number of phenolic OH excluding ortho intramolecular Hbond substituents is 1. The first-order valence-electron chi connectivity index (χ1n) is 12.1. The number of halogens is 2. The minimum atomic E-state index is -0.811. The van der Waals surface area contributed by atoms with Crippen LogP contribution in [0, 0.1) is 30.5 Å². The van der Waals surface area contributed by atoms with E-state index in [9.17, 15) is 14.3 Å². The van der Waals surface area contributed by atoms with Gasteiger partial charge in [-0.05, 0) is 80.8 Å². The van der Waals surface area contributed by atoms with Crippen LogP contribution in [0.1, 0.15) is 58.2 Å². The molecule has 1 saturated heterocycles. The van der Waals surface area contributed by atoms with Gasteiger partial charge < -0.3 is 10.4 Å². The summed E-state index contributed by atoms with van der Waals surface area (Å²) < 4.78 is 14.1. The van der Waals surface area contributed by atoms with E-state index in [4.69, 9.17) is 11.6 Å². The summed E-state index contributed by atoms with van der Waals surface area (Å²) in [5.41, 5.74) is 2.49. The number of hydrogen-bond acceptors (Lipinski definition) is 4. The number of phenols is 1. The number of benzene rings is 2. The molecule has 2 heterocycles. The Hall–Kier alpha value is -3.40. The summed E-state index contributed by atoms with van der Waals surface area (Å²) in [6, 6.07) is 13.9. The minimum Gasteiger partial charge on any atom is -0.508 e. The van der Waals surface area contributed by atoms with Crippen molar-refractivity contribution in [1.82, 2.24) is 15.2 Å². The number of aromatic hydroxyl groups is 1. The number of pyridine rings is 1. The fraction of sp³-hybridized carbons (Fsp3) is 0.310. The first kappa shape index (κ1) is 24.3. The zero-order chi connectivity index (χ0) is 25.2. The number of amides is 1. The highest BCUT2D eigenvalue weighted by Crippen LogP contribution is 2.32. The summed E-state index contributed by atoms with van der Waals surface area (Å²) in [7, 11) is 0. The third-order valence-electron chi connectivity index (χ3n) is 6.67. The smallest absolute Gasteiger partial charge is 0.270 e. The van der Waals surface area contributed by atoms with Gasteiger partial charge in [0.1, 0.15) is 17.3 Å². The molecule has 2 atom stereocenters. The highest BCUT2D eigenvalue weighted by molar-refractivity contribution is 6.30. The molecule has 2 fully saturated rings. The van der Waals surface area contributed by atoms with E-state index in [0.717, 1.165) is 31.1 Å². The van der Waals surface area contributed by atoms with Crippen LogP contribution in [-0.4, -0.2) is 40.0 Å². The maximum Gasteiger partial charge on any atom is 0.270 e. The Bertz CT molecular complexity index is 1340. The maximum absolute atomic E-state index is 14.1. The SMILES string of the molecule is Cc1cc(C#C[C@H]2CCN(C3CC3)C2)cc(C(=O)NC(c2ccc(Cl)cc2)c2cc(F)ccc2O)n1. The predicted molar refractivity (Wildman–Crippen MR) is 137 cm³/mol. The average molecular weight is 504 g/mol. The Morgan fingerprint density at radius 3 is 2.69 bits per heavy atom. The number of rotatable bonds is 5. The summed E-state index contributed by atoms with van der Waals surface area (Å²) in [5.74, 6) is 5.85. The van der Waals surface area contributed by atoms with Crippen molar-refractivity contribution in [2.75, 3.05) is 13.1 Å². The van der Waals surface area contributed by atoms with Gasteiger partial charge in [-0.15, -0.1) is 0 Å². The van der Waals surface area contributed by atoms with Gasteiger partial charge in [-0.25, -0.2) is 9.37 Å². The van der Waals surface area contributed by atoms with Crippen molar-refractivity contribution in [3.8, 4) is 17.6 Å². The molecule has 1 aliphatic heterocycles. The van der Waals surface area contributed by atoms with E-state index in [1.807, 2.05) is 13.0 Å². The molecule has 36 heavy (non-hydrogen) atoms. The highest BCUT2D eigenvalue weighted by atomic mass is 35.5. The van der Waals surface area contributed by atoms with E-state index < -0.39 is 17.8 Å². The Labute approximate surface area is 215 Å². The van der Waals surface area contributed by atoms with E-state index in [1.54, 1.807) is 30.3 Å². The Kier molecular flexibility index (Phi) is 6.95. The molecule has 1 aliphatic carbocycles. The number of aryl methyl sites for hydroxylation is 1. The van der Waals surface area contributed by atoms with Crippen LogP contribution in [0.3, 0.4) is 0 Å². The summed E-state index contributed by atoms with van der Waals surface area (Å²) in [4.78, 5) is 20.3. The van der Waals surface area contributed by atoms with Crippen LogP contribution < -0.4 is 5.32 Å². The maximum atomic E-state index is 14.1. The van der Waals surface area contributed by atoms with Gasteiger partial charge in [0, 0.05) is 40.3 Å². The standard InChI is InChI=1S/C29H27ClFN3O2/c1-18-14-20(3-2-19-12-13-34(17-19)24-9-10-24)15-26(32-18)29(36)33-28(21-4-6-22(30)7-5-21)25-16-23(31)8-11-27(25)35/h4-8,11,14-16,19,24,28,35H,9-10,12-13,17H2,1H3,(H,33,36)/t19-,28?/m0/s1. The van der Waals surface area contributed by atoms with Crippen molar-refractivity contribution < 1.29 is 14.3 Å². The van der Waals surface area contributed by atoms with Crippen LogP contribution in [-0.2, 0) is 0 Å². The van der Waals surface area contributed by atoms with Crippen molar-refractivity contribution in [3.05, 3.63) is 93.5 Å². The van der Waals surface area contributed by atoms with Gasteiger partial charge in [0.05, 0.1) is 6.04 Å². The minimum absolute atomic E-state index is 0.128. The topological polar surface area (TPSA) is 65.5 Å². The molecule has 7 heteroatoms. The summed E-state index contributed by atoms with van der Waals surface area (Å²) in [6.07, 6.45) is 3.67. The van der Waals surface area contributed by atoms with E-state index in [2.05, 4.69) is 27.0 Å². The van der Waals surface area contributed by atoms with E-state index in [1.165, 1.54) is 31.0 Å². The molecular formula is C29H27ClFN3O2. The molecule has 5 rings (SSSR count). The molecular weight excluding hydrogens is 477 g/mol. The average Bonchev–Trinajstić information content (AvgIpc) is 3.60. The summed E-state index contributed by atoms with van der Waals surface area (Å²) in [5, 5.41) is 13.9. The first-order valence-corrected chi connectivity index (χ1v) is 12.5. The molecule has 0 spiro atoms. The van der Waals surface area contributed by atoms with Crippen molar-refractivity contribution in [2.45, 2.75) is 38.3 Å². The molecule has 184 valence electrons. The second kappa shape index (κ2) is 10.3. The lowest BCUT2D eigenvalue weighted by Gasteiger charge is -2.21. The van der Waals surface area contributed by atoms with Gasteiger partial charge in [0.2, 0.25) is 0 Å². The van der Waals surface area contributed by atoms with E-state index >= 15 is 0 Å². The number of nitrogens with zero attached hydrogens (tertiary/aromatic N) is 2. The van der Waals surface area contributed by atoms with Gasteiger partial charge in [-0.1, -0.05) is 35.6 Å². The van der Waals surface area contributed by atoms with Crippen LogP contribution in [0.4, 0.5) is 4.39 Å². The molecule has 1 unspecified atom stereocenters. The fourth-order valence-electron chi connectivity index (χ4n) is 4.68. The van der Waals surface area contributed by atoms with Gasteiger partial charge in [-0.2, -0.15) is 0 Å². The molecule has 2 aromatic carbocycles. The fourth-order valence-corrected chi connectivity index (χ4v) is 4.80. The Morgan fingerprint density at radius 2 is 1.94 bits per heavy atom. The summed E-state index contributed by atoms with van der Waals surface area (Å²) >= 11 is 6.04. The zero-order valence-electron chi connectivity index (χ0n) is 20.0. The van der Waals surface area contributed by atoms with Crippen LogP contribution >= 0.6 is 11.6 Å². The van der Waals surface area contributed by atoms with E-state index in [-0.39, 0.29) is 17.0 Å². The second-order valence-corrected chi connectivity index (χ2v) is 9.96. The molecule has 0 radical (unpaired) electrons. The predicted octanol–water partition coefficient (Wildman–Crippen LogP) is 5.24. The first-order chi connectivity index (χ1) is 17.4. The van der Waals surface area contributed by atoms with E-state index in [0.29, 0.717) is 22.2 Å². The molecule has 1 aromatic heterocycles. The lowest BCUT2D eigenvalue weighted by Crippen LogP contribution is -2.30. The number of likely N-dealkylation sites (tertiary alicyclic amines) is 1. The quantitative estimate of drug-likeness (QED) is 0.467. The monoisotopic (exact) mass is 503 g/mol. The number of carbonyl (C=O) groups is 1. The third kappa shape index (κ3) is 5.70. The second-order valence-electron chi connectivity index (χ2n) is 9.52. The third-order valence-corrected chi connectivity index (χ3v) is 6.92. The summed E-state index contributed by atoms with van der Waals surface area (Å²) in [6.45, 7) is 3.93. The number of carbonyl (C=O) groups excluding carboxylic acids is 1. The largest absolute Gasteiger partial charge is 0.508 e. The van der Waals surface area contributed by atoms with Crippen molar-refractivity contribution >= 4 is 17.5 Å². The Morgan fingerprint density at radius 1 is 1.17 bits per heavy atom. The molecule has 1 saturated carbocycles. The van der Waals surface area contributed by atoms with Crippen LogP contribution in [0.5, 0.6) is 5.75 Å². The normalized spacial score (nSPS) is 18.4.